The molecular formula is C14H18Cl2CoI3NO-. The van der Waals surface area contributed by atoms with Crippen molar-refractivity contribution in [2.45, 2.75) is 19.3 Å². The maximum atomic E-state index is 10.1. The molecule has 0 amide bonds. The Morgan fingerprint density at radius 3 is 1.95 bits per heavy atom. The molecule has 0 saturated heterocycles. The Hall–Kier alpha value is 1.97. The van der Waals surface area contributed by atoms with Crippen molar-refractivity contribution in [3.8, 4) is 0 Å². The van der Waals surface area contributed by atoms with E-state index in [1.165, 1.54) is 5.56 Å². The Morgan fingerprint density at radius 1 is 1.05 bits per heavy atom. The molecule has 0 fully saturated rings. The number of rotatable bonds is 9. The number of unbranched alkanes of at least 4 members (excludes halogenated alkanes) is 1. The number of benzene rings is 1. The zero-order valence-electron chi connectivity index (χ0n) is 11.8. The first-order chi connectivity index (χ1) is 10.5. The van der Waals surface area contributed by atoms with Crippen LogP contribution in [0.5, 0.6) is 0 Å². The number of aryl methyl sites for hydroxylation is 1. The van der Waals surface area contributed by atoms with Crippen LogP contribution in [-0.4, -0.2) is 31.1 Å². The number of halogens is 5. The summed E-state index contributed by atoms with van der Waals surface area (Å²) >= 11 is 18.7. The van der Waals surface area contributed by atoms with Gasteiger partial charge in [0, 0.05) is 30.5 Å². The van der Waals surface area contributed by atoms with Gasteiger partial charge >= 0.3 is 65.3 Å². The van der Waals surface area contributed by atoms with Gasteiger partial charge in [0.1, 0.15) is 0 Å². The summed E-state index contributed by atoms with van der Waals surface area (Å²) in [6.07, 6.45) is 4.19. The summed E-state index contributed by atoms with van der Waals surface area (Å²) < 4.78 is 0.306. The molecule has 22 heavy (non-hydrogen) atoms. The minimum absolute atomic E-state index is 0.306. The van der Waals surface area contributed by atoms with Crippen LogP contribution in [0, 0.1) is 0 Å². The predicted molar refractivity (Wildman–Crippen MR) is 121 cm³/mol. The van der Waals surface area contributed by atoms with Crippen molar-refractivity contribution >= 4 is 96.4 Å². The summed E-state index contributed by atoms with van der Waals surface area (Å²) in [5.74, 6) is 1.18. The molecule has 2 nitrogen and oxygen atoms in total. The summed E-state index contributed by atoms with van der Waals surface area (Å²) in [5.41, 5.74) is 2.38. The van der Waals surface area contributed by atoms with Crippen molar-refractivity contribution in [1.29, 1.82) is 0 Å². The Morgan fingerprint density at radius 2 is 1.55 bits per heavy atom. The summed E-state index contributed by atoms with van der Waals surface area (Å²) in [4.78, 5) is 12.3. The van der Waals surface area contributed by atoms with Crippen molar-refractivity contribution in [1.82, 2.24) is 0 Å². The molecule has 0 aliphatic heterocycles. The number of hydrogen-bond donors (Lipinski definition) is 0. The van der Waals surface area contributed by atoms with Crippen LogP contribution in [0.15, 0.2) is 24.3 Å². The predicted octanol–water partition coefficient (Wildman–Crippen LogP) is 6.06. The van der Waals surface area contributed by atoms with Gasteiger partial charge in [-0.1, -0.05) is 18.6 Å². The van der Waals surface area contributed by atoms with Gasteiger partial charge in [0.05, 0.1) is 0 Å². The van der Waals surface area contributed by atoms with Gasteiger partial charge in [0.2, 0.25) is 0 Å². The average molecular weight is 727 g/mol. The molecule has 0 aliphatic carbocycles. The summed E-state index contributed by atoms with van der Waals surface area (Å²) in [6, 6.07) is 8.35. The van der Waals surface area contributed by atoms with Crippen molar-refractivity contribution < 1.29 is 8.80 Å². The Kier molecular flexibility index (Phi) is 17.9. The molecule has 130 valence electrons. The van der Waals surface area contributed by atoms with E-state index in [1.54, 1.807) is 0 Å². The van der Waals surface area contributed by atoms with Crippen LogP contribution in [0.4, 0.5) is 5.69 Å². The second-order valence-corrected chi connectivity index (χ2v) is 31.3. The van der Waals surface area contributed by atoms with E-state index in [9.17, 15) is 4.79 Å². The van der Waals surface area contributed by atoms with Crippen LogP contribution in [0.3, 0.4) is 0 Å². The zero-order chi connectivity index (χ0) is 16.8. The van der Waals surface area contributed by atoms with Gasteiger partial charge in [-0.25, -0.2) is 0 Å². The Balaban J connectivity index is 0.000000980. The van der Waals surface area contributed by atoms with E-state index in [0.717, 1.165) is 31.6 Å². The maximum absolute atomic E-state index is 10.1. The molecule has 0 unspecified atom stereocenters. The molecule has 8 heteroatoms. The van der Waals surface area contributed by atoms with Crippen LogP contribution < -0.4 is 4.90 Å². The number of anilines is 1. The Labute approximate surface area is 181 Å². The average Bonchev–Trinajstić information content (AvgIpc) is 2.47. The molecule has 0 saturated carbocycles. The van der Waals surface area contributed by atoms with Crippen LogP contribution in [0.2, 0.25) is 0 Å². The molecule has 0 heterocycles. The quantitative estimate of drug-likeness (QED) is 0.134. The molecule has 0 N–H and O–H groups in total. The second kappa shape index (κ2) is 16.4. The van der Waals surface area contributed by atoms with Crippen LogP contribution in [0.25, 0.3) is 0 Å². The van der Waals surface area contributed by atoms with Gasteiger partial charge in [0.15, 0.2) is 0 Å². The van der Waals surface area contributed by atoms with Crippen LogP contribution >= 0.6 is 84.4 Å². The van der Waals surface area contributed by atoms with Gasteiger partial charge in [-0.05, 0) is 24.1 Å². The van der Waals surface area contributed by atoms with E-state index in [0.29, 0.717) is 22.2 Å². The number of alkyl halides is 2. The first-order valence-corrected chi connectivity index (χ1v) is 17.6. The molecule has 1 rings (SSSR count). The minimum atomic E-state index is 0.306. The molecule has 1 aromatic rings. The topological polar surface area (TPSA) is 20.3 Å². The number of nitrogens with zero attached hydrogens (tertiary/aromatic N) is 1. The number of carbonyl (C=O) groups excluding carboxylic acids is 1. The molecule has 0 aliphatic rings. The standard InChI is InChI=1S/C14H18Cl2NO.Co.3HI/c15-8-10-17(11-9-16)14-6-4-13(5-7-14)3-1-2-12-18;;;;/h4-7H,1-3,8-11H2;;3*1H/q-1;+3;;;/p-3. The van der Waals surface area contributed by atoms with Crippen molar-refractivity contribution in [3.05, 3.63) is 29.8 Å². The molecule has 0 aromatic heterocycles. The molecule has 1 aromatic carbocycles. The van der Waals surface area contributed by atoms with Gasteiger partial charge in [-0.3, -0.25) is 6.29 Å². The molecule has 0 radical (unpaired) electrons. The fourth-order valence-electron chi connectivity index (χ4n) is 1.81. The normalized spacial score (nSPS) is 10.5. The third-order valence-corrected chi connectivity index (χ3v) is 3.09. The van der Waals surface area contributed by atoms with Crippen molar-refractivity contribution in [2.75, 3.05) is 29.7 Å². The molecular weight excluding hydrogens is 709 g/mol. The fraction of sp³-hybridized carbons (Fsp3) is 0.500. The molecule has 0 spiro atoms. The van der Waals surface area contributed by atoms with Crippen molar-refractivity contribution in [3.63, 3.8) is 0 Å². The SMILES string of the molecule is O=[C-]CCCc1ccc(N(CCCl)CCCl)cc1.[I][Co]([I])[I]. The summed E-state index contributed by atoms with van der Waals surface area (Å²) in [5, 5.41) is 0. The van der Waals surface area contributed by atoms with E-state index in [1.807, 2.05) is 6.29 Å². The van der Waals surface area contributed by atoms with Crippen LogP contribution in [-0.2, 0) is 15.2 Å². The molecule has 0 bridgehead atoms. The first-order valence-electron chi connectivity index (χ1n) is 6.50. The van der Waals surface area contributed by atoms with Crippen molar-refractivity contribution in [2.24, 2.45) is 0 Å². The molecule has 0 atom stereocenters. The van der Waals surface area contributed by atoms with Gasteiger partial charge in [0.25, 0.3) is 0 Å². The third-order valence-electron chi connectivity index (χ3n) is 2.75. The monoisotopic (exact) mass is 726 g/mol. The number of hydrogen-bond acceptors (Lipinski definition) is 2. The van der Waals surface area contributed by atoms with Gasteiger partial charge < -0.3 is 9.69 Å². The van der Waals surface area contributed by atoms with E-state index in [-0.39, 0.29) is 0 Å². The summed E-state index contributed by atoms with van der Waals surface area (Å²) in [7, 11) is 0. The second-order valence-electron chi connectivity index (χ2n) is 4.17. The van der Waals surface area contributed by atoms with Gasteiger partial charge in [-0.2, -0.15) is 6.42 Å². The summed E-state index contributed by atoms with van der Waals surface area (Å²) in [6.45, 7) is 1.60. The first kappa shape index (κ1) is 24.0. The van der Waals surface area contributed by atoms with E-state index in [4.69, 9.17) is 23.2 Å². The van der Waals surface area contributed by atoms with E-state index < -0.39 is 0 Å². The van der Waals surface area contributed by atoms with E-state index in [2.05, 4.69) is 90.4 Å². The zero-order valence-corrected chi connectivity index (χ0v) is 20.9. The van der Waals surface area contributed by atoms with Crippen LogP contribution in [0.1, 0.15) is 18.4 Å². The van der Waals surface area contributed by atoms with Gasteiger partial charge in [-0.15, -0.1) is 23.2 Å². The Bertz CT molecular complexity index is 387. The van der Waals surface area contributed by atoms with E-state index >= 15 is 0 Å². The fourth-order valence-corrected chi connectivity index (χ4v) is 2.22. The third kappa shape index (κ3) is 13.3.